The van der Waals surface area contributed by atoms with Crippen molar-refractivity contribution in [3.8, 4) is 0 Å². The Labute approximate surface area is 134 Å². The van der Waals surface area contributed by atoms with E-state index in [2.05, 4.69) is 5.32 Å². The molecule has 3 rings (SSSR count). The Kier molecular flexibility index (Phi) is 4.23. The first-order chi connectivity index (χ1) is 10.1. The fourth-order valence-electron chi connectivity index (χ4n) is 3.06. The van der Waals surface area contributed by atoms with Crippen molar-refractivity contribution in [1.82, 2.24) is 5.32 Å². The van der Waals surface area contributed by atoms with E-state index in [1.54, 1.807) is 0 Å². The summed E-state index contributed by atoms with van der Waals surface area (Å²) in [4.78, 5) is 0. The molecule has 21 heavy (non-hydrogen) atoms. The molecule has 0 saturated carbocycles. The lowest BCUT2D eigenvalue weighted by molar-refractivity contribution is 0.0442. The molecule has 0 unspecified atom stereocenters. The van der Waals surface area contributed by atoms with E-state index in [-0.39, 0.29) is 6.04 Å². The molecule has 2 N–H and O–H groups in total. The van der Waals surface area contributed by atoms with Crippen LogP contribution in [0.15, 0.2) is 48.5 Å². The molecular formula is C17H17Cl2NO. The predicted octanol–water partition coefficient (Wildman–Crippen LogP) is 3.98. The van der Waals surface area contributed by atoms with E-state index in [0.717, 1.165) is 30.5 Å². The van der Waals surface area contributed by atoms with Crippen molar-refractivity contribution in [2.24, 2.45) is 0 Å². The van der Waals surface area contributed by atoms with Crippen LogP contribution < -0.4 is 5.32 Å². The average Bonchev–Trinajstić information content (AvgIpc) is 3.01. The van der Waals surface area contributed by atoms with Crippen molar-refractivity contribution in [3.05, 3.63) is 69.7 Å². The van der Waals surface area contributed by atoms with Crippen molar-refractivity contribution in [3.63, 3.8) is 0 Å². The van der Waals surface area contributed by atoms with E-state index in [1.807, 2.05) is 48.5 Å². The molecule has 0 radical (unpaired) electrons. The van der Waals surface area contributed by atoms with Crippen LogP contribution in [0, 0.1) is 0 Å². The van der Waals surface area contributed by atoms with Gasteiger partial charge in [-0.05, 0) is 54.8 Å². The molecule has 0 aromatic heterocycles. The standard InChI is InChI=1S/C17H17Cl2NO/c18-14-6-1-4-12(10-14)17(21,16-8-3-9-20-16)13-5-2-7-15(19)11-13/h1-2,4-7,10-11,16,20-21H,3,8-9H2/t16-/m1/s1. The number of halogens is 2. The summed E-state index contributed by atoms with van der Waals surface area (Å²) in [5, 5.41) is 16.2. The van der Waals surface area contributed by atoms with Gasteiger partial charge in [-0.1, -0.05) is 47.5 Å². The monoisotopic (exact) mass is 321 g/mol. The van der Waals surface area contributed by atoms with Gasteiger partial charge in [-0.3, -0.25) is 0 Å². The summed E-state index contributed by atoms with van der Waals surface area (Å²) in [7, 11) is 0. The molecule has 2 aromatic carbocycles. The third-order valence-electron chi connectivity index (χ3n) is 4.09. The van der Waals surface area contributed by atoms with Crippen molar-refractivity contribution in [2.45, 2.75) is 24.5 Å². The van der Waals surface area contributed by atoms with Crippen LogP contribution in [-0.2, 0) is 5.60 Å². The van der Waals surface area contributed by atoms with E-state index in [9.17, 15) is 5.11 Å². The Balaban J connectivity index is 2.15. The molecule has 4 heteroatoms. The highest BCUT2D eigenvalue weighted by molar-refractivity contribution is 6.31. The fraction of sp³-hybridized carbons (Fsp3) is 0.294. The highest BCUT2D eigenvalue weighted by Crippen LogP contribution is 2.38. The summed E-state index contributed by atoms with van der Waals surface area (Å²) in [5.74, 6) is 0. The topological polar surface area (TPSA) is 32.3 Å². The molecule has 1 heterocycles. The third kappa shape index (κ3) is 2.82. The average molecular weight is 322 g/mol. The molecule has 0 aliphatic carbocycles. The van der Waals surface area contributed by atoms with Crippen molar-refractivity contribution >= 4 is 23.2 Å². The van der Waals surface area contributed by atoms with E-state index in [4.69, 9.17) is 23.2 Å². The van der Waals surface area contributed by atoms with Gasteiger partial charge in [0.2, 0.25) is 0 Å². The Hall–Kier alpha value is -1.06. The molecule has 1 fully saturated rings. The first kappa shape index (κ1) is 14.9. The number of hydrogen-bond acceptors (Lipinski definition) is 2. The van der Waals surface area contributed by atoms with Crippen molar-refractivity contribution in [2.75, 3.05) is 6.54 Å². The Morgan fingerprint density at radius 3 is 2.00 bits per heavy atom. The maximum Gasteiger partial charge on any atom is 0.130 e. The molecule has 1 saturated heterocycles. The summed E-state index contributed by atoms with van der Waals surface area (Å²) in [5.41, 5.74) is 0.445. The Morgan fingerprint density at radius 2 is 1.57 bits per heavy atom. The van der Waals surface area contributed by atoms with Crippen LogP contribution in [0.2, 0.25) is 10.0 Å². The minimum Gasteiger partial charge on any atom is -0.379 e. The van der Waals surface area contributed by atoms with Gasteiger partial charge in [0.25, 0.3) is 0 Å². The minimum atomic E-state index is -1.13. The Bertz CT molecular complexity index is 593. The summed E-state index contributed by atoms with van der Waals surface area (Å²) >= 11 is 12.2. The fourth-order valence-corrected chi connectivity index (χ4v) is 3.44. The van der Waals surface area contributed by atoms with Crippen molar-refractivity contribution in [1.29, 1.82) is 0 Å². The molecular weight excluding hydrogens is 305 g/mol. The lowest BCUT2D eigenvalue weighted by atomic mass is 9.79. The molecule has 1 aliphatic rings. The summed E-state index contributed by atoms with van der Waals surface area (Å²) in [6.07, 6.45) is 1.96. The second kappa shape index (κ2) is 5.98. The maximum absolute atomic E-state index is 11.5. The molecule has 0 amide bonds. The van der Waals surface area contributed by atoms with Crippen LogP contribution in [0.1, 0.15) is 24.0 Å². The number of benzene rings is 2. The number of aliphatic hydroxyl groups is 1. The second-order valence-electron chi connectivity index (χ2n) is 5.44. The maximum atomic E-state index is 11.5. The van der Waals surface area contributed by atoms with E-state index in [1.165, 1.54) is 0 Å². The zero-order valence-corrected chi connectivity index (χ0v) is 13.0. The van der Waals surface area contributed by atoms with Gasteiger partial charge in [-0.25, -0.2) is 0 Å². The van der Waals surface area contributed by atoms with E-state index < -0.39 is 5.60 Å². The van der Waals surface area contributed by atoms with Gasteiger partial charge in [0.1, 0.15) is 5.60 Å². The molecule has 2 aromatic rings. The number of hydrogen-bond donors (Lipinski definition) is 2. The Morgan fingerprint density at radius 1 is 1.00 bits per heavy atom. The van der Waals surface area contributed by atoms with Gasteiger partial charge in [0, 0.05) is 16.1 Å². The molecule has 0 spiro atoms. The van der Waals surface area contributed by atoms with Crippen molar-refractivity contribution < 1.29 is 5.11 Å². The lowest BCUT2D eigenvalue weighted by Crippen LogP contribution is -2.46. The SMILES string of the molecule is OC(c1cccc(Cl)c1)(c1cccc(Cl)c1)[C@H]1CCCN1. The third-order valence-corrected chi connectivity index (χ3v) is 4.56. The van der Waals surface area contributed by atoms with Crippen LogP contribution >= 0.6 is 23.2 Å². The van der Waals surface area contributed by atoms with Gasteiger partial charge in [0.05, 0.1) is 0 Å². The van der Waals surface area contributed by atoms with Crippen LogP contribution in [-0.4, -0.2) is 17.7 Å². The zero-order valence-electron chi connectivity index (χ0n) is 11.5. The minimum absolute atomic E-state index is 0.0468. The van der Waals surface area contributed by atoms with E-state index >= 15 is 0 Å². The summed E-state index contributed by atoms with van der Waals surface area (Å²) in [6.45, 7) is 0.911. The first-order valence-corrected chi connectivity index (χ1v) is 7.84. The van der Waals surface area contributed by atoms with Crippen LogP contribution in [0.5, 0.6) is 0 Å². The quantitative estimate of drug-likeness (QED) is 0.896. The largest absolute Gasteiger partial charge is 0.379 e. The van der Waals surface area contributed by atoms with Crippen LogP contribution in [0.25, 0.3) is 0 Å². The molecule has 0 bridgehead atoms. The van der Waals surface area contributed by atoms with Crippen LogP contribution in [0.3, 0.4) is 0 Å². The second-order valence-corrected chi connectivity index (χ2v) is 6.31. The molecule has 2 nitrogen and oxygen atoms in total. The highest BCUT2D eigenvalue weighted by atomic mass is 35.5. The van der Waals surface area contributed by atoms with Gasteiger partial charge < -0.3 is 10.4 Å². The molecule has 1 atom stereocenters. The van der Waals surface area contributed by atoms with Crippen LogP contribution in [0.4, 0.5) is 0 Å². The molecule has 110 valence electrons. The smallest absolute Gasteiger partial charge is 0.130 e. The van der Waals surface area contributed by atoms with Gasteiger partial charge in [-0.15, -0.1) is 0 Å². The molecule has 1 aliphatic heterocycles. The zero-order chi connectivity index (χ0) is 14.9. The van der Waals surface area contributed by atoms with Gasteiger partial charge >= 0.3 is 0 Å². The summed E-state index contributed by atoms with van der Waals surface area (Å²) < 4.78 is 0. The lowest BCUT2D eigenvalue weighted by Gasteiger charge is -2.35. The normalized spacial score (nSPS) is 18.9. The van der Waals surface area contributed by atoms with E-state index in [0.29, 0.717) is 10.0 Å². The first-order valence-electron chi connectivity index (χ1n) is 7.08. The number of rotatable bonds is 3. The van der Waals surface area contributed by atoms with Gasteiger partial charge in [-0.2, -0.15) is 0 Å². The number of nitrogens with one attached hydrogen (secondary N) is 1. The highest BCUT2D eigenvalue weighted by Gasteiger charge is 2.41. The predicted molar refractivity (Wildman–Crippen MR) is 86.9 cm³/mol. The summed E-state index contributed by atoms with van der Waals surface area (Å²) in [6, 6.07) is 14.8. The van der Waals surface area contributed by atoms with Gasteiger partial charge in [0.15, 0.2) is 0 Å².